The fraction of sp³-hybridized carbons (Fsp3) is 0.692. The maximum atomic E-state index is 12.2. The zero-order valence-electron chi connectivity index (χ0n) is 11.8. The molecule has 1 aromatic rings. The van der Waals surface area contributed by atoms with Crippen LogP contribution in [-0.2, 0) is 16.1 Å². The van der Waals surface area contributed by atoms with E-state index >= 15 is 0 Å². The van der Waals surface area contributed by atoms with Crippen LogP contribution in [0.1, 0.15) is 45.9 Å². The molecule has 0 bridgehead atoms. The van der Waals surface area contributed by atoms with E-state index in [0.29, 0.717) is 12.1 Å². The number of likely N-dealkylation sites (tertiary alicyclic amines) is 1. The molecule has 6 heteroatoms. The lowest BCUT2D eigenvalue weighted by Gasteiger charge is -2.14. The molecule has 1 aromatic heterocycles. The molecule has 1 aliphatic heterocycles. The summed E-state index contributed by atoms with van der Waals surface area (Å²) in [7, 11) is 0. The third-order valence-electron chi connectivity index (χ3n) is 3.49. The van der Waals surface area contributed by atoms with Gasteiger partial charge in [-0.05, 0) is 19.8 Å². The maximum absolute atomic E-state index is 12.2. The minimum Gasteiger partial charge on any atom is -0.276 e. The Morgan fingerprint density at radius 1 is 1.32 bits per heavy atom. The predicted octanol–water partition coefficient (Wildman–Crippen LogP) is 1.39. The number of aromatic nitrogens is 3. The lowest BCUT2D eigenvalue weighted by Crippen LogP contribution is -2.31. The third-order valence-corrected chi connectivity index (χ3v) is 3.49. The van der Waals surface area contributed by atoms with E-state index in [4.69, 9.17) is 0 Å². The summed E-state index contributed by atoms with van der Waals surface area (Å²) in [6.45, 7) is 8.16. The summed E-state index contributed by atoms with van der Waals surface area (Å²) in [6.07, 6.45) is 2.10. The van der Waals surface area contributed by atoms with Crippen molar-refractivity contribution in [1.82, 2.24) is 19.9 Å². The van der Waals surface area contributed by atoms with Gasteiger partial charge in [0, 0.05) is 18.4 Å². The molecule has 1 unspecified atom stereocenters. The Labute approximate surface area is 112 Å². The zero-order valence-corrected chi connectivity index (χ0v) is 11.8. The Hall–Kier alpha value is -1.72. The van der Waals surface area contributed by atoms with Crippen molar-refractivity contribution < 1.29 is 9.59 Å². The molecule has 0 aromatic carbocycles. The van der Waals surface area contributed by atoms with E-state index in [1.54, 1.807) is 10.9 Å². The average Bonchev–Trinajstić information content (AvgIpc) is 2.89. The Kier molecular flexibility index (Phi) is 3.68. The van der Waals surface area contributed by atoms with Gasteiger partial charge in [0.25, 0.3) is 0 Å². The molecular weight excluding hydrogens is 244 g/mol. The molecule has 1 saturated heterocycles. The van der Waals surface area contributed by atoms with Crippen molar-refractivity contribution in [2.24, 2.45) is 11.8 Å². The number of imide groups is 1. The van der Waals surface area contributed by atoms with Crippen LogP contribution in [0, 0.1) is 11.8 Å². The molecule has 0 radical (unpaired) electrons. The Morgan fingerprint density at radius 2 is 2.00 bits per heavy atom. The quantitative estimate of drug-likeness (QED) is 0.771. The number of carbonyl (C=O) groups is 2. The van der Waals surface area contributed by atoms with Crippen molar-refractivity contribution in [3.63, 3.8) is 0 Å². The molecule has 1 fully saturated rings. The van der Waals surface area contributed by atoms with Crippen LogP contribution in [0.5, 0.6) is 0 Å². The molecule has 19 heavy (non-hydrogen) atoms. The molecule has 0 saturated carbocycles. The summed E-state index contributed by atoms with van der Waals surface area (Å²) in [6, 6.07) is 0.217. The minimum atomic E-state index is -0.187. The lowest BCUT2D eigenvalue weighted by molar-refractivity contribution is -0.140. The van der Waals surface area contributed by atoms with E-state index in [2.05, 4.69) is 10.3 Å². The van der Waals surface area contributed by atoms with Crippen molar-refractivity contribution in [3.8, 4) is 0 Å². The van der Waals surface area contributed by atoms with Gasteiger partial charge in [-0.1, -0.05) is 19.1 Å². The van der Waals surface area contributed by atoms with E-state index < -0.39 is 0 Å². The van der Waals surface area contributed by atoms with E-state index in [9.17, 15) is 9.59 Å². The molecule has 2 rings (SSSR count). The van der Waals surface area contributed by atoms with Crippen LogP contribution < -0.4 is 0 Å². The van der Waals surface area contributed by atoms with Crippen LogP contribution >= 0.6 is 0 Å². The second-order valence-electron chi connectivity index (χ2n) is 5.66. The van der Waals surface area contributed by atoms with Gasteiger partial charge < -0.3 is 0 Å². The van der Waals surface area contributed by atoms with Crippen molar-refractivity contribution in [3.05, 3.63) is 11.9 Å². The summed E-state index contributed by atoms with van der Waals surface area (Å²) >= 11 is 0. The highest BCUT2D eigenvalue weighted by molar-refractivity contribution is 6.03. The van der Waals surface area contributed by atoms with Crippen LogP contribution in [0.3, 0.4) is 0 Å². The molecule has 2 amide bonds. The second-order valence-corrected chi connectivity index (χ2v) is 5.66. The fourth-order valence-corrected chi connectivity index (χ4v) is 2.20. The predicted molar refractivity (Wildman–Crippen MR) is 68.9 cm³/mol. The van der Waals surface area contributed by atoms with Crippen LogP contribution in [-0.4, -0.2) is 31.7 Å². The summed E-state index contributed by atoms with van der Waals surface area (Å²) in [5.41, 5.74) is 0.653. The first kappa shape index (κ1) is 13.7. The molecule has 1 aliphatic rings. The first-order valence-corrected chi connectivity index (χ1v) is 6.65. The van der Waals surface area contributed by atoms with Crippen molar-refractivity contribution in [1.29, 1.82) is 0 Å². The second kappa shape index (κ2) is 5.11. The molecule has 104 valence electrons. The topological polar surface area (TPSA) is 68.1 Å². The SMILES string of the molecule is CC(C)C1CC(=O)N(Cc2cn(C(C)C)nn2)C1=O. The van der Waals surface area contributed by atoms with Gasteiger partial charge in [-0.3, -0.25) is 14.5 Å². The van der Waals surface area contributed by atoms with E-state index in [-0.39, 0.29) is 36.2 Å². The number of carbonyl (C=O) groups excluding carboxylic acids is 2. The highest BCUT2D eigenvalue weighted by atomic mass is 16.2. The monoisotopic (exact) mass is 264 g/mol. The van der Waals surface area contributed by atoms with Crippen LogP contribution in [0.15, 0.2) is 6.20 Å². The largest absolute Gasteiger partial charge is 0.276 e. The summed E-state index contributed by atoms with van der Waals surface area (Å²) < 4.78 is 1.72. The smallest absolute Gasteiger partial charge is 0.233 e. The zero-order chi connectivity index (χ0) is 14.2. The summed E-state index contributed by atoms with van der Waals surface area (Å²) in [5.74, 6) is -0.192. The van der Waals surface area contributed by atoms with E-state index in [0.717, 1.165) is 0 Å². The molecule has 6 nitrogen and oxygen atoms in total. The molecule has 1 atom stereocenters. The van der Waals surface area contributed by atoms with Gasteiger partial charge in [0.1, 0.15) is 5.69 Å². The first-order chi connectivity index (χ1) is 8.90. The fourth-order valence-electron chi connectivity index (χ4n) is 2.20. The first-order valence-electron chi connectivity index (χ1n) is 6.65. The number of hydrogen-bond acceptors (Lipinski definition) is 4. The lowest BCUT2D eigenvalue weighted by atomic mass is 9.94. The minimum absolute atomic E-state index is 0.0842. The van der Waals surface area contributed by atoms with Gasteiger partial charge in [0.05, 0.1) is 12.7 Å². The van der Waals surface area contributed by atoms with Gasteiger partial charge in [-0.15, -0.1) is 5.10 Å². The standard InChI is InChI=1S/C13H20N4O2/c1-8(2)11-5-12(18)16(13(11)19)6-10-7-17(9(3)4)15-14-10/h7-9,11H,5-6H2,1-4H3. The van der Waals surface area contributed by atoms with Gasteiger partial charge in [0.15, 0.2) is 0 Å². The molecule has 0 spiro atoms. The van der Waals surface area contributed by atoms with Gasteiger partial charge in [-0.2, -0.15) is 0 Å². The summed E-state index contributed by atoms with van der Waals surface area (Å²) in [4.78, 5) is 25.4. The average molecular weight is 264 g/mol. The molecule has 0 aliphatic carbocycles. The Bertz CT molecular complexity index is 493. The molecular formula is C13H20N4O2. The van der Waals surface area contributed by atoms with Crippen molar-refractivity contribution in [2.45, 2.75) is 46.7 Å². The molecule has 2 heterocycles. The number of rotatable bonds is 4. The normalized spacial score (nSPS) is 20.1. The Morgan fingerprint density at radius 3 is 2.47 bits per heavy atom. The van der Waals surface area contributed by atoms with Crippen LogP contribution in [0.2, 0.25) is 0 Å². The highest BCUT2D eigenvalue weighted by Crippen LogP contribution is 2.27. The van der Waals surface area contributed by atoms with Gasteiger partial charge >= 0.3 is 0 Å². The maximum Gasteiger partial charge on any atom is 0.233 e. The van der Waals surface area contributed by atoms with Crippen molar-refractivity contribution >= 4 is 11.8 Å². The van der Waals surface area contributed by atoms with Gasteiger partial charge in [-0.25, -0.2) is 4.68 Å². The Balaban J connectivity index is 2.10. The van der Waals surface area contributed by atoms with E-state index in [1.807, 2.05) is 27.7 Å². The number of amides is 2. The molecule has 0 N–H and O–H groups in total. The number of hydrogen-bond donors (Lipinski definition) is 0. The number of nitrogens with zero attached hydrogens (tertiary/aromatic N) is 4. The van der Waals surface area contributed by atoms with E-state index in [1.165, 1.54) is 4.90 Å². The van der Waals surface area contributed by atoms with Crippen molar-refractivity contribution in [2.75, 3.05) is 0 Å². The van der Waals surface area contributed by atoms with Gasteiger partial charge in [0.2, 0.25) is 11.8 Å². The summed E-state index contributed by atoms with van der Waals surface area (Å²) in [5, 5.41) is 7.99. The highest BCUT2D eigenvalue weighted by Gasteiger charge is 2.40. The van der Waals surface area contributed by atoms with Crippen LogP contribution in [0.4, 0.5) is 0 Å². The third kappa shape index (κ3) is 2.67. The van der Waals surface area contributed by atoms with Crippen LogP contribution in [0.25, 0.3) is 0 Å².